The molecule has 3 N–H and O–H groups in total. The fourth-order valence-corrected chi connectivity index (χ4v) is 3.77. The van der Waals surface area contributed by atoms with Crippen molar-refractivity contribution >= 4 is 28.2 Å². The molecule has 0 aliphatic carbocycles. The lowest BCUT2D eigenvalue weighted by atomic mass is 10.1. The molecule has 0 radical (unpaired) electrons. The van der Waals surface area contributed by atoms with Crippen molar-refractivity contribution in [1.82, 2.24) is 5.16 Å². The number of carbonyl (C=O) groups excluding carboxylic acids is 2. The van der Waals surface area contributed by atoms with Crippen LogP contribution in [-0.4, -0.2) is 17.0 Å². The van der Waals surface area contributed by atoms with E-state index in [-0.39, 0.29) is 5.76 Å². The van der Waals surface area contributed by atoms with Gasteiger partial charge in [0, 0.05) is 17.4 Å². The first-order valence-electron chi connectivity index (χ1n) is 7.66. The third-order valence-electron chi connectivity index (χ3n) is 3.78. The molecular formula is C18H17N3O3S. The minimum absolute atomic E-state index is 0.0867. The summed E-state index contributed by atoms with van der Waals surface area (Å²) in [6, 6.07) is 11.4. The number of aryl methyl sites for hydroxylation is 1. The number of carbonyl (C=O) groups is 2. The Labute approximate surface area is 148 Å². The number of hydrogen-bond donors (Lipinski definition) is 2. The minimum atomic E-state index is -0.572. The van der Waals surface area contributed by atoms with Gasteiger partial charge in [-0.2, -0.15) is 0 Å². The van der Waals surface area contributed by atoms with Gasteiger partial charge in [-0.1, -0.05) is 35.5 Å². The fraction of sp³-hybridized carbons (Fsp3) is 0.167. The maximum atomic E-state index is 12.3. The predicted octanol–water partition coefficient (Wildman–Crippen LogP) is 3.29. The van der Waals surface area contributed by atoms with E-state index in [0.29, 0.717) is 22.7 Å². The molecule has 2 heterocycles. The number of amides is 2. The van der Waals surface area contributed by atoms with E-state index in [1.54, 1.807) is 6.92 Å². The zero-order chi connectivity index (χ0) is 18.0. The Morgan fingerprint density at radius 1 is 1.24 bits per heavy atom. The summed E-state index contributed by atoms with van der Waals surface area (Å²) in [6.45, 7) is 3.56. The van der Waals surface area contributed by atoms with Gasteiger partial charge in [-0.05, 0) is 25.0 Å². The maximum Gasteiger partial charge on any atom is 0.294 e. The smallest absolute Gasteiger partial charge is 0.294 e. The highest BCUT2D eigenvalue weighted by atomic mass is 32.1. The quantitative estimate of drug-likeness (QED) is 0.733. The summed E-state index contributed by atoms with van der Waals surface area (Å²) < 4.78 is 4.96. The van der Waals surface area contributed by atoms with Gasteiger partial charge in [0.1, 0.15) is 5.00 Å². The molecule has 7 heteroatoms. The Bertz CT molecular complexity index is 928. The van der Waals surface area contributed by atoms with E-state index >= 15 is 0 Å². The van der Waals surface area contributed by atoms with Crippen LogP contribution < -0.4 is 11.1 Å². The van der Waals surface area contributed by atoms with Crippen LogP contribution in [0.25, 0.3) is 0 Å². The van der Waals surface area contributed by atoms with Crippen molar-refractivity contribution < 1.29 is 14.1 Å². The zero-order valence-corrected chi connectivity index (χ0v) is 14.6. The van der Waals surface area contributed by atoms with E-state index in [1.807, 2.05) is 37.3 Å². The lowest BCUT2D eigenvalue weighted by Gasteiger charge is -2.02. The summed E-state index contributed by atoms with van der Waals surface area (Å²) in [5.41, 5.74) is 8.36. The first kappa shape index (κ1) is 16.9. The maximum absolute atomic E-state index is 12.3. The van der Waals surface area contributed by atoms with Crippen LogP contribution in [0.4, 0.5) is 5.00 Å². The van der Waals surface area contributed by atoms with Crippen molar-refractivity contribution in [3.05, 3.63) is 69.4 Å². The summed E-state index contributed by atoms with van der Waals surface area (Å²) in [5.74, 6) is -0.948. The summed E-state index contributed by atoms with van der Waals surface area (Å²) >= 11 is 1.34. The molecule has 1 aromatic carbocycles. The van der Waals surface area contributed by atoms with E-state index in [2.05, 4.69) is 10.5 Å². The molecule has 0 saturated heterocycles. The van der Waals surface area contributed by atoms with Crippen molar-refractivity contribution in [2.45, 2.75) is 20.3 Å². The Morgan fingerprint density at radius 2 is 1.96 bits per heavy atom. The first-order valence-corrected chi connectivity index (χ1v) is 8.48. The number of nitrogens with one attached hydrogen (secondary N) is 1. The van der Waals surface area contributed by atoms with Crippen molar-refractivity contribution in [3.63, 3.8) is 0 Å². The van der Waals surface area contributed by atoms with Crippen molar-refractivity contribution in [1.29, 1.82) is 0 Å². The number of hydrogen-bond acceptors (Lipinski definition) is 5. The summed E-state index contributed by atoms with van der Waals surface area (Å²) in [6.07, 6.45) is 0.662. The van der Waals surface area contributed by atoms with Crippen LogP contribution in [0.1, 0.15) is 42.6 Å². The van der Waals surface area contributed by atoms with E-state index in [9.17, 15) is 9.59 Å². The van der Waals surface area contributed by atoms with Crippen LogP contribution in [0.2, 0.25) is 0 Å². The number of thiophene rings is 1. The number of nitrogens with two attached hydrogens (primary N) is 1. The molecule has 0 atom stereocenters. The minimum Gasteiger partial charge on any atom is -0.365 e. The number of rotatable bonds is 5. The monoisotopic (exact) mass is 355 g/mol. The molecule has 0 saturated carbocycles. The van der Waals surface area contributed by atoms with E-state index in [1.165, 1.54) is 17.4 Å². The SMILES string of the molecule is Cc1cc(C(=O)Nc2sc(Cc3ccccc3)c(C)c2C(N)=O)on1. The van der Waals surface area contributed by atoms with Gasteiger partial charge in [-0.3, -0.25) is 9.59 Å². The molecule has 3 rings (SSSR count). The molecule has 2 amide bonds. The predicted molar refractivity (Wildman–Crippen MR) is 96.0 cm³/mol. The first-order chi connectivity index (χ1) is 12.0. The number of primary amides is 1. The molecule has 0 fully saturated rings. The van der Waals surface area contributed by atoms with E-state index < -0.39 is 11.8 Å². The number of anilines is 1. The lowest BCUT2D eigenvalue weighted by molar-refractivity contribution is 0.0988. The Morgan fingerprint density at radius 3 is 2.56 bits per heavy atom. The molecule has 0 bridgehead atoms. The third kappa shape index (κ3) is 3.61. The normalized spacial score (nSPS) is 10.6. The van der Waals surface area contributed by atoms with E-state index in [4.69, 9.17) is 10.3 Å². The molecule has 2 aromatic heterocycles. The highest BCUT2D eigenvalue weighted by Gasteiger charge is 2.22. The van der Waals surface area contributed by atoms with E-state index in [0.717, 1.165) is 16.0 Å². The summed E-state index contributed by atoms with van der Waals surface area (Å²) in [7, 11) is 0. The molecule has 128 valence electrons. The second-order valence-corrected chi connectivity index (χ2v) is 6.77. The Kier molecular flexibility index (Phi) is 4.67. The third-order valence-corrected chi connectivity index (χ3v) is 4.99. The molecule has 0 spiro atoms. The summed E-state index contributed by atoms with van der Waals surface area (Å²) in [5, 5.41) is 6.83. The van der Waals surface area contributed by atoms with Crippen LogP contribution in [0.5, 0.6) is 0 Å². The van der Waals surface area contributed by atoms with Crippen molar-refractivity contribution in [3.8, 4) is 0 Å². The van der Waals surface area contributed by atoms with Crippen molar-refractivity contribution in [2.75, 3.05) is 5.32 Å². The van der Waals surface area contributed by atoms with Crippen LogP contribution in [0.3, 0.4) is 0 Å². The number of nitrogens with zero attached hydrogens (tertiary/aromatic N) is 1. The van der Waals surface area contributed by atoms with Crippen LogP contribution in [0.15, 0.2) is 40.9 Å². The van der Waals surface area contributed by atoms with Gasteiger partial charge in [0.15, 0.2) is 0 Å². The van der Waals surface area contributed by atoms with Gasteiger partial charge in [0.2, 0.25) is 5.76 Å². The topological polar surface area (TPSA) is 98.2 Å². The van der Waals surface area contributed by atoms with Gasteiger partial charge < -0.3 is 15.6 Å². The highest BCUT2D eigenvalue weighted by molar-refractivity contribution is 7.17. The van der Waals surface area contributed by atoms with Gasteiger partial charge in [0.25, 0.3) is 11.8 Å². The number of aromatic nitrogens is 1. The molecule has 3 aromatic rings. The van der Waals surface area contributed by atoms with Gasteiger partial charge in [0.05, 0.1) is 11.3 Å². The standard InChI is InChI=1S/C18H17N3O3S/c1-10-8-13(24-21-10)17(23)20-18-15(16(19)22)11(2)14(25-18)9-12-6-4-3-5-7-12/h3-8H,9H2,1-2H3,(H2,19,22)(H,20,23). The molecule has 25 heavy (non-hydrogen) atoms. The van der Waals surface area contributed by atoms with Crippen LogP contribution in [-0.2, 0) is 6.42 Å². The molecular weight excluding hydrogens is 338 g/mol. The zero-order valence-electron chi connectivity index (χ0n) is 13.8. The average Bonchev–Trinajstić information content (AvgIpc) is 3.13. The van der Waals surface area contributed by atoms with Gasteiger partial charge >= 0.3 is 0 Å². The Hall–Kier alpha value is -2.93. The molecule has 6 nitrogen and oxygen atoms in total. The van der Waals surface area contributed by atoms with Crippen LogP contribution in [0, 0.1) is 13.8 Å². The van der Waals surface area contributed by atoms with Crippen LogP contribution >= 0.6 is 11.3 Å². The molecule has 0 aliphatic heterocycles. The molecule has 0 unspecified atom stereocenters. The average molecular weight is 355 g/mol. The largest absolute Gasteiger partial charge is 0.365 e. The fourth-order valence-electron chi connectivity index (χ4n) is 2.53. The lowest BCUT2D eigenvalue weighted by Crippen LogP contribution is -2.17. The van der Waals surface area contributed by atoms with Gasteiger partial charge in [-0.15, -0.1) is 11.3 Å². The highest BCUT2D eigenvalue weighted by Crippen LogP contribution is 2.34. The van der Waals surface area contributed by atoms with Crippen molar-refractivity contribution in [2.24, 2.45) is 5.73 Å². The number of benzene rings is 1. The van der Waals surface area contributed by atoms with Gasteiger partial charge in [-0.25, -0.2) is 0 Å². The summed E-state index contributed by atoms with van der Waals surface area (Å²) in [4.78, 5) is 25.1. The molecule has 0 aliphatic rings. The Balaban J connectivity index is 1.91. The second kappa shape index (κ2) is 6.90. The second-order valence-electron chi connectivity index (χ2n) is 5.67.